The second kappa shape index (κ2) is 6.95. The lowest BCUT2D eigenvalue weighted by atomic mass is 9.94. The second-order valence-electron chi connectivity index (χ2n) is 6.36. The monoisotopic (exact) mass is 311 g/mol. The molecule has 0 radical (unpaired) electrons. The third-order valence-electron chi connectivity index (χ3n) is 4.60. The van der Waals surface area contributed by atoms with Gasteiger partial charge < -0.3 is 4.90 Å². The van der Waals surface area contributed by atoms with Crippen molar-refractivity contribution in [2.45, 2.75) is 32.1 Å². The Morgan fingerprint density at radius 3 is 2.43 bits per heavy atom. The molecule has 1 aliphatic heterocycles. The highest BCUT2D eigenvalue weighted by Gasteiger charge is 2.24. The fourth-order valence-corrected chi connectivity index (χ4v) is 3.21. The number of likely N-dealkylation sites (tertiary alicyclic amines) is 1. The molecule has 2 aromatic rings. The number of hydrogen-bond acceptors (Lipinski definition) is 1. The molecule has 23 heavy (non-hydrogen) atoms. The van der Waals surface area contributed by atoms with E-state index in [1.807, 2.05) is 48.2 Å². The zero-order valence-electron chi connectivity index (χ0n) is 13.5. The molecule has 1 heterocycles. The number of carbonyl (C=O) groups excluding carboxylic acids is 1. The average molecular weight is 311 g/mol. The first-order chi connectivity index (χ1) is 11.1. The van der Waals surface area contributed by atoms with Crippen molar-refractivity contribution < 1.29 is 9.18 Å². The number of aryl methyl sites for hydroxylation is 1. The van der Waals surface area contributed by atoms with Gasteiger partial charge in [0, 0.05) is 24.6 Å². The van der Waals surface area contributed by atoms with E-state index in [1.54, 1.807) is 0 Å². The molecule has 0 N–H and O–H groups in total. The van der Waals surface area contributed by atoms with E-state index in [0.717, 1.165) is 42.5 Å². The number of halogens is 1. The van der Waals surface area contributed by atoms with Crippen LogP contribution in [-0.2, 0) is 0 Å². The van der Waals surface area contributed by atoms with Crippen LogP contribution in [0.3, 0.4) is 0 Å². The van der Waals surface area contributed by atoms with Crippen molar-refractivity contribution in [2.75, 3.05) is 13.1 Å². The molecule has 0 aliphatic carbocycles. The Labute approximate surface area is 136 Å². The first kappa shape index (κ1) is 15.7. The van der Waals surface area contributed by atoms with Crippen molar-refractivity contribution in [1.29, 1.82) is 0 Å². The maximum atomic E-state index is 13.1. The Morgan fingerprint density at radius 1 is 1.04 bits per heavy atom. The summed E-state index contributed by atoms with van der Waals surface area (Å²) < 4.78 is 13.1. The quantitative estimate of drug-likeness (QED) is 0.797. The Bertz CT molecular complexity index is 663. The van der Waals surface area contributed by atoms with Crippen molar-refractivity contribution in [3.8, 4) is 0 Å². The second-order valence-corrected chi connectivity index (χ2v) is 6.36. The first-order valence-electron chi connectivity index (χ1n) is 8.25. The van der Waals surface area contributed by atoms with Gasteiger partial charge in [-0.3, -0.25) is 4.79 Å². The lowest BCUT2D eigenvalue weighted by molar-refractivity contribution is 0.0754. The smallest absolute Gasteiger partial charge is 0.253 e. The fourth-order valence-electron chi connectivity index (χ4n) is 3.21. The van der Waals surface area contributed by atoms with Crippen molar-refractivity contribution >= 4 is 5.91 Å². The molecule has 1 unspecified atom stereocenters. The molecule has 120 valence electrons. The van der Waals surface area contributed by atoms with Gasteiger partial charge in [-0.05, 0) is 49.6 Å². The zero-order valence-corrected chi connectivity index (χ0v) is 13.5. The van der Waals surface area contributed by atoms with Gasteiger partial charge in [-0.25, -0.2) is 4.39 Å². The summed E-state index contributed by atoms with van der Waals surface area (Å²) in [5.74, 6) is 0.168. The molecule has 0 bridgehead atoms. The third kappa shape index (κ3) is 3.79. The van der Waals surface area contributed by atoms with Crippen LogP contribution in [0.2, 0.25) is 0 Å². The maximum absolute atomic E-state index is 13.1. The highest BCUT2D eigenvalue weighted by atomic mass is 19.1. The molecule has 0 aromatic heterocycles. The summed E-state index contributed by atoms with van der Waals surface area (Å²) in [5.41, 5.74) is 3.02. The van der Waals surface area contributed by atoms with Crippen LogP contribution >= 0.6 is 0 Å². The third-order valence-corrected chi connectivity index (χ3v) is 4.60. The first-order valence-corrected chi connectivity index (χ1v) is 8.25. The zero-order chi connectivity index (χ0) is 16.2. The maximum Gasteiger partial charge on any atom is 0.253 e. The number of nitrogens with zero attached hydrogens (tertiary/aromatic N) is 1. The van der Waals surface area contributed by atoms with Gasteiger partial charge in [0.05, 0.1) is 0 Å². The van der Waals surface area contributed by atoms with E-state index in [0.29, 0.717) is 6.54 Å². The SMILES string of the molecule is Cc1ccc(C(=O)N2CCCCC(c3ccc(F)cc3)C2)cc1. The van der Waals surface area contributed by atoms with Crippen molar-refractivity contribution in [2.24, 2.45) is 0 Å². The van der Waals surface area contributed by atoms with Crippen molar-refractivity contribution in [1.82, 2.24) is 4.90 Å². The van der Waals surface area contributed by atoms with E-state index in [-0.39, 0.29) is 17.6 Å². The molecule has 1 saturated heterocycles. The lowest BCUT2D eigenvalue weighted by Gasteiger charge is -2.25. The van der Waals surface area contributed by atoms with Gasteiger partial charge in [0.25, 0.3) is 5.91 Å². The van der Waals surface area contributed by atoms with Gasteiger partial charge in [-0.1, -0.05) is 36.2 Å². The molecule has 1 aliphatic rings. The number of carbonyl (C=O) groups is 1. The normalized spacial score (nSPS) is 18.5. The summed E-state index contributed by atoms with van der Waals surface area (Å²) in [6.45, 7) is 3.52. The van der Waals surface area contributed by atoms with Crippen LogP contribution in [0.15, 0.2) is 48.5 Å². The summed E-state index contributed by atoms with van der Waals surface area (Å²) >= 11 is 0. The molecule has 1 fully saturated rings. The predicted octanol–water partition coefficient (Wildman–Crippen LogP) is 4.54. The Balaban J connectivity index is 1.77. The molecule has 1 amide bonds. The molecule has 0 saturated carbocycles. The molecule has 3 heteroatoms. The number of amides is 1. The van der Waals surface area contributed by atoms with E-state index in [1.165, 1.54) is 12.1 Å². The van der Waals surface area contributed by atoms with Crippen LogP contribution in [0.25, 0.3) is 0 Å². The summed E-state index contributed by atoms with van der Waals surface area (Å²) in [6.07, 6.45) is 3.17. The topological polar surface area (TPSA) is 20.3 Å². The van der Waals surface area contributed by atoms with Crippen LogP contribution in [0.1, 0.15) is 46.7 Å². The van der Waals surface area contributed by atoms with E-state index in [9.17, 15) is 9.18 Å². The lowest BCUT2D eigenvalue weighted by Crippen LogP contribution is -2.34. The van der Waals surface area contributed by atoms with E-state index >= 15 is 0 Å². The van der Waals surface area contributed by atoms with E-state index in [2.05, 4.69) is 0 Å². The van der Waals surface area contributed by atoms with Crippen LogP contribution in [0.5, 0.6) is 0 Å². The summed E-state index contributed by atoms with van der Waals surface area (Å²) in [4.78, 5) is 14.7. The molecular weight excluding hydrogens is 289 g/mol. The molecule has 1 atom stereocenters. The van der Waals surface area contributed by atoms with Crippen LogP contribution in [0, 0.1) is 12.7 Å². The summed E-state index contributed by atoms with van der Waals surface area (Å²) in [6, 6.07) is 14.5. The number of benzene rings is 2. The highest BCUT2D eigenvalue weighted by molar-refractivity contribution is 5.94. The molecule has 3 rings (SSSR count). The van der Waals surface area contributed by atoms with Gasteiger partial charge in [0.15, 0.2) is 0 Å². The largest absolute Gasteiger partial charge is 0.338 e. The minimum atomic E-state index is -0.213. The van der Waals surface area contributed by atoms with Crippen LogP contribution < -0.4 is 0 Å². The standard InChI is InChI=1S/C20H22FNO/c1-15-5-7-17(8-6-15)20(23)22-13-3-2-4-18(14-22)16-9-11-19(21)12-10-16/h5-12,18H,2-4,13-14H2,1H3. The predicted molar refractivity (Wildman–Crippen MR) is 90.1 cm³/mol. The van der Waals surface area contributed by atoms with Gasteiger partial charge in [0.2, 0.25) is 0 Å². The van der Waals surface area contributed by atoms with Gasteiger partial charge >= 0.3 is 0 Å². The highest BCUT2D eigenvalue weighted by Crippen LogP contribution is 2.27. The van der Waals surface area contributed by atoms with Crippen LogP contribution in [-0.4, -0.2) is 23.9 Å². The molecular formula is C20H22FNO. The Hall–Kier alpha value is -2.16. The van der Waals surface area contributed by atoms with Gasteiger partial charge in [-0.15, -0.1) is 0 Å². The van der Waals surface area contributed by atoms with Crippen LogP contribution in [0.4, 0.5) is 4.39 Å². The van der Waals surface area contributed by atoms with E-state index < -0.39 is 0 Å². The van der Waals surface area contributed by atoms with Crippen molar-refractivity contribution in [3.05, 3.63) is 71.0 Å². The minimum Gasteiger partial charge on any atom is -0.338 e. The minimum absolute atomic E-state index is 0.0963. The Morgan fingerprint density at radius 2 is 1.74 bits per heavy atom. The summed E-state index contributed by atoms with van der Waals surface area (Å²) in [5, 5.41) is 0. The van der Waals surface area contributed by atoms with Crippen molar-refractivity contribution in [3.63, 3.8) is 0 Å². The Kier molecular flexibility index (Phi) is 4.75. The summed E-state index contributed by atoms with van der Waals surface area (Å²) in [7, 11) is 0. The average Bonchev–Trinajstić information content (AvgIpc) is 2.82. The number of rotatable bonds is 2. The van der Waals surface area contributed by atoms with Gasteiger partial charge in [-0.2, -0.15) is 0 Å². The fraction of sp³-hybridized carbons (Fsp3) is 0.350. The van der Waals surface area contributed by atoms with Gasteiger partial charge in [0.1, 0.15) is 5.82 Å². The number of hydrogen-bond donors (Lipinski definition) is 0. The molecule has 0 spiro atoms. The molecule has 2 aromatic carbocycles. The van der Waals surface area contributed by atoms with E-state index in [4.69, 9.17) is 0 Å². The molecule has 2 nitrogen and oxygen atoms in total.